The van der Waals surface area contributed by atoms with Crippen LogP contribution in [0.5, 0.6) is 0 Å². The Balaban J connectivity index is 1.38. The van der Waals surface area contributed by atoms with E-state index in [4.69, 9.17) is 9.40 Å². The molecule has 4 heterocycles. The number of aromatic amines is 1. The second kappa shape index (κ2) is 7.96. The Kier molecular flexibility index (Phi) is 5.14. The van der Waals surface area contributed by atoms with Gasteiger partial charge in [0.05, 0.1) is 22.9 Å². The second-order valence-electron chi connectivity index (χ2n) is 9.06. The quantitative estimate of drug-likeness (QED) is 0.702. The SMILES string of the molecule is Cc1ccc2occ(CN3CCc4nc(N5CCCC(C)C5)[nH]c(=O)c4C3)c(=O)c2c1. The zero-order valence-electron chi connectivity index (χ0n) is 18.1. The monoisotopic (exact) mass is 420 g/mol. The minimum Gasteiger partial charge on any atom is -0.464 e. The topological polar surface area (TPSA) is 82.4 Å². The van der Waals surface area contributed by atoms with E-state index >= 15 is 0 Å². The van der Waals surface area contributed by atoms with E-state index in [1.807, 2.05) is 25.1 Å². The van der Waals surface area contributed by atoms with Crippen LogP contribution in [0.25, 0.3) is 11.0 Å². The third-order valence-electron chi connectivity index (χ3n) is 6.49. The summed E-state index contributed by atoms with van der Waals surface area (Å²) in [7, 11) is 0. The highest BCUT2D eigenvalue weighted by Crippen LogP contribution is 2.22. The standard InChI is InChI=1S/C24H28N4O3/c1-15-5-6-21-18(10-15)22(29)17(14-31-21)12-27-9-7-20-19(13-27)23(30)26-24(25-20)28-8-3-4-16(2)11-28/h5-6,10,14,16H,3-4,7-9,11-13H2,1-2H3,(H,25,26,30). The number of nitrogens with zero attached hydrogens (tertiary/aromatic N) is 3. The van der Waals surface area contributed by atoms with Gasteiger partial charge in [-0.05, 0) is 37.8 Å². The lowest BCUT2D eigenvalue weighted by molar-refractivity contribution is 0.239. The molecule has 162 valence electrons. The molecule has 2 aromatic heterocycles. The molecule has 0 radical (unpaired) electrons. The highest BCUT2D eigenvalue weighted by atomic mass is 16.3. The molecule has 0 aliphatic carbocycles. The summed E-state index contributed by atoms with van der Waals surface area (Å²) in [5.41, 5.74) is 3.77. The number of piperidine rings is 1. The predicted molar refractivity (Wildman–Crippen MR) is 121 cm³/mol. The van der Waals surface area contributed by atoms with Crippen molar-refractivity contribution in [3.05, 3.63) is 67.4 Å². The fraction of sp³-hybridized carbons (Fsp3) is 0.458. The van der Waals surface area contributed by atoms with Crippen LogP contribution in [0.4, 0.5) is 5.95 Å². The van der Waals surface area contributed by atoms with E-state index < -0.39 is 0 Å². The van der Waals surface area contributed by atoms with Crippen LogP contribution >= 0.6 is 0 Å². The molecule has 31 heavy (non-hydrogen) atoms. The van der Waals surface area contributed by atoms with E-state index in [0.717, 1.165) is 37.3 Å². The van der Waals surface area contributed by atoms with Crippen molar-refractivity contribution >= 4 is 16.9 Å². The summed E-state index contributed by atoms with van der Waals surface area (Å²) in [6, 6.07) is 5.64. The summed E-state index contributed by atoms with van der Waals surface area (Å²) in [6.45, 7) is 7.78. The Bertz CT molecular complexity index is 1250. The molecule has 1 unspecified atom stereocenters. The van der Waals surface area contributed by atoms with Crippen LogP contribution in [0.15, 0.2) is 38.5 Å². The Morgan fingerprint density at radius 2 is 2.13 bits per heavy atom. The first-order chi connectivity index (χ1) is 15.0. The molecule has 1 aromatic carbocycles. The number of nitrogens with one attached hydrogen (secondary N) is 1. The molecule has 0 bridgehead atoms. The van der Waals surface area contributed by atoms with Crippen LogP contribution in [0.3, 0.4) is 0 Å². The molecule has 7 heteroatoms. The fourth-order valence-corrected chi connectivity index (χ4v) is 4.77. The van der Waals surface area contributed by atoms with Gasteiger partial charge in [-0.25, -0.2) is 4.98 Å². The smallest absolute Gasteiger partial charge is 0.257 e. The van der Waals surface area contributed by atoms with Gasteiger partial charge in [-0.1, -0.05) is 18.6 Å². The Morgan fingerprint density at radius 3 is 2.97 bits per heavy atom. The van der Waals surface area contributed by atoms with Crippen molar-refractivity contribution in [2.24, 2.45) is 5.92 Å². The van der Waals surface area contributed by atoms with Crippen molar-refractivity contribution in [3.8, 4) is 0 Å². The van der Waals surface area contributed by atoms with Gasteiger partial charge in [-0.15, -0.1) is 0 Å². The first kappa shape index (κ1) is 20.0. The van der Waals surface area contributed by atoms with Gasteiger partial charge in [0.2, 0.25) is 5.95 Å². The molecule has 0 amide bonds. The predicted octanol–water partition coefficient (Wildman–Crippen LogP) is 2.98. The van der Waals surface area contributed by atoms with Crippen molar-refractivity contribution in [1.29, 1.82) is 0 Å². The molecular formula is C24H28N4O3. The highest BCUT2D eigenvalue weighted by molar-refractivity contribution is 5.77. The van der Waals surface area contributed by atoms with Gasteiger partial charge in [0.1, 0.15) is 5.58 Å². The third-order valence-corrected chi connectivity index (χ3v) is 6.49. The van der Waals surface area contributed by atoms with Gasteiger partial charge < -0.3 is 9.32 Å². The van der Waals surface area contributed by atoms with E-state index in [2.05, 4.69) is 21.7 Å². The van der Waals surface area contributed by atoms with Crippen molar-refractivity contribution < 1.29 is 4.42 Å². The third kappa shape index (κ3) is 3.90. The van der Waals surface area contributed by atoms with Crippen LogP contribution < -0.4 is 15.9 Å². The number of hydrogen-bond acceptors (Lipinski definition) is 6. The number of rotatable bonds is 3. The van der Waals surface area contributed by atoms with Crippen LogP contribution in [0.2, 0.25) is 0 Å². The molecule has 1 fully saturated rings. The average molecular weight is 421 g/mol. The molecule has 3 aromatic rings. The number of aryl methyl sites for hydroxylation is 1. The summed E-state index contributed by atoms with van der Waals surface area (Å²) >= 11 is 0. The maximum atomic E-state index is 12.9. The van der Waals surface area contributed by atoms with E-state index in [-0.39, 0.29) is 11.0 Å². The first-order valence-electron chi connectivity index (χ1n) is 11.1. The van der Waals surface area contributed by atoms with E-state index in [1.165, 1.54) is 6.42 Å². The largest absolute Gasteiger partial charge is 0.464 e. The minimum absolute atomic E-state index is 0.00246. The van der Waals surface area contributed by atoms with Crippen LogP contribution in [0, 0.1) is 12.8 Å². The summed E-state index contributed by atoms with van der Waals surface area (Å²) in [5.74, 6) is 1.32. The van der Waals surface area contributed by atoms with Crippen molar-refractivity contribution in [2.75, 3.05) is 24.5 Å². The lowest BCUT2D eigenvalue weighted by atomic mass is 10.0. The molecular weight excluding hydrogens is 392 g/mol. The van der Waals surface area contributed by atoms with Crippen molar-refractivity contribution in [2.45, 2.75) is 46.2 Å². The minimum atomic E-state index is -0.0657. The molecule has 2 aliphatic rings. The number of benzene rings is 1. The summed E-state index contributed by atoms with van der Waals surface area (Å²) in [5, 5.41) is 0.606. The van der Waals surface area contributed by atoms with Crippen molar-refractivity contribution in [1.82, 2.24) is 14.9 Å². The average Bonchev–Trinajstić information content (AvgIpc) is 2.76. The van der Waals surface area contributed by atoms with Gasteiger partial charge in [0.25, 0.3) is 5.56 Å². The van der Waals surface area contributed by atoms with Gasteiger partial charge in [0.15, 0.2) is 5.43 Å². The van der Waals surface area contributed by atoms with Gasteiger partial charge >= 0.3 is 0 Å². The number of hydrogen-bond donors (Lipinski definition) is 1. The van der Waals surface area contributed by atoms with Crippen LogP contribution in [0.1, 0.15) is 42.1 Å². The highest BCUT2D eigenvalue weighted by Gasteiger charge is 2.25. The van der Waals surface area contributed by atoms with E-state index in [1.54, 1.807) is 6.26 Å². The van der Waals surface area contributed by atoms with Gasteiger partial charge in [-0.3, -0.25) is 19.5 Å². The molecule has 0 saturated carbocycles. The molecule has 1 saturated heterocycles. The zero-order chi connectivity index (χ0) is 21.5. The number of H-pyrrole nitrogens is 1. The lowest BCUT2D eigenvalue weighted by Crippen LogP contribution is -2.40. The van der Waals surface area contributed by atoms with E-state index in [0.29, 0.717) is 53.5 Å². The van der Waals surface area contributed by atoms with Gasteiger partial charge in [-0.2, -0.15) is 0 Å². The molecule has 5 rings (SSSR count). The second-order valence-corrected chi connectivity index (χ2v) is 9.06. The fourth-order valence-electron chi connectivity index (χ4n) is 4.77. The molecule has 1 atom stereocenters. The maximum Gasteiger partial charge on any atom is 0.257 e. The Labute approximate surface area is 180 Å². The normalized spacial score (nSPS) is 19.5. The molecule has 2 aliphatic heterocycles. The maximum absolute atomic E-state index is 12.9. The lowest BCUT2D eigenvalue weighted by Gasteiger charge is -2.33. The van der Waals surface area contributed by atoms with Gasteiger partial charge in [0, 0.05) is 44.7 Å². The zero-order valence-corrected chi connectivity index (χ0v) is 18.1. The summed E-state index contributed by atoms with van der Waals surface area (Å²) < 4.78 is 5.69. The van der Waals surface area contributed by atoms with E-state index in [9.17, 15) is 9.59 Å². The number of anilines is 1. The first-order valence-corrected chi connectivity index (χ1v) is 11.1. The number of fused-ring (bicyclic) bond motifs is 2. The molecule has 1 N–H and O–H groups in total. The van der Waals surface area contributed by atoms with Crippen molar-refractivity contribution in [3.63, 3.8) is 0 Å². The Morgan fingerprint density at radius 1 is 1.26 bits per heavy atom. The summed E-state index contributed by atoms with van der Waals surface area (Å²) in [6.07, 6.45) is 4.61. The molecule has 0 spiro atoms. The summed E-state index contributed by atoms with van der Waals surface area (Å²) in [4.78, 5) is 37.9. The van der Waals surface area contributed by atoms with Crippen LogP contribution in [-0.2, 0) is 19.5 Å². The van der Waals surface area contributed by atoms with Crippen LogP contribution in [-0.4, -0.2) is 34.5 Å². The number of aromatic nitrogens is 2. The molecule has 7 nitrogen and oxygen atoms in total. The Hall–Kier alpha value is -2.93.